The average Bonchev–Trinajstić information content (AvgIpc) is 2.95. The van der Waals surface area contributed by atoms with Gasteiger partial charge in [0.1, 0.15) is 5.75 Å². The Labute approximate surface area is 124 Å². The Bertz CT molecular complexity index is 436. The summed E-state index contributed by atoms with van der Waals surface area (Å²) in [6.07, 6.45) is 1.04. The molecule has 1 heterocycles. The SMILES string of the molecule is CCOc1ccc(SCC(=O)N2CCC(CN)C2)cc1. The zero-order chi connectivity index (χ0) is 14.4. The van der Waals surface area contributed by atoms with Crippen LogP contribution in [0.4, 0.5) is 0 Å². The van der Waals surface area contributed by atoms with E-state index >= 15 is 0 Å². The molecule has 0 spiro atoms. The number of hydrogen-bond donors (Lipinski definition) is 1. The molecule has 0 saturated carbocycles. The van der Waals surface area contributed by atoms with E-state index in [-0.39, 0.29) is 5.91 Å². The van der Waals surface area contributed by atoms with E-state index in [4.69, 9.17) is 10.5 Å². The summed E-state index contributed by atoms with van der Waals surface area (Å²) in [5, 5.41) is 0. The summed E-state index contributed by atoms with van der Waals surface area (Å²) in [5.41, 5.74) is 5.64. The van der Waals surface area contributed by atoms with Gasteiger partial charge in [0.15, 0.2) is 0 Å². The van der Waals surface area contributed by atoms with Gasteiger partial charge in [-0.15, -0.1) is 11.8 Å². The van der Waals surface area contributed by atoms with Gasteiger partial charge in [-0.05, 0) is 50.1 Å². The van der Waals surface area contributed by atoms with Gasteiger partial charge in [-0.3, -0.25) is 4.79 Å². The molecule has 1 amide bonds. The number of rotatable bonds is 6. The second-order valence-electron chi connectivity index (χ2n) is 4.92. The number of hydrogen-bond acceptors (Lipinski definition) is 4. The van der Waals surface area contributed by atoms with E-state index in [2.05, 4.69) is 0 Å². The van der Waals surface area contributed by atoms with E-state index in [9.17, 15) is 4.79 Å². The Balaban J connectivity index is 1.78. The van der Waals surface area contributed by atoms with E-state index < -0.39 is 0 Å². The minimum absolute atomic E-state index is 0.208. The minimum Gasteiger partial charge on any atom is -0.494 e. The number of amides is 1. The highest BCUT2D eigenvalue weighted by Gasteiger charge is 2.24. The van der Waals surface area contributed by atoms with Crippen molar-refractivity contribution in [2.45, 2.75) is 18.2 Å². The van der Waals surface area contributed by atoms with Gasteiger partial charge in [0, 0.05) is 18.0 Å². The first kappa shape index (κ1) is 15.2. The number of thioether (sulfide) groups is 1. The predicted molar refractivity (Wildman–Crippen MR) is 82.1 cm³/mol. The maximum atomic E-state index is 12.1. The molecule has 1 fully saturated rings. The van der Waals surface area contributed by atoms with E-state index in [0.717, 1.165) is 30.2 Å². The normalized spacial score (nSPS) is 18.3. The van der Waals surface area contributed by atoms with Gasteiger partial charge in [-0.2, -0.15) is 0 Å². The first-order valence-electron chi connectivity index (χ1n) is 7.06. The van der Waals surface area contributed by atoms with Gasteiger partial charge in [-0.1, -0.05) is 0 Å². The smallest absolute Gasteiger partial charge is 0.232 e. The summed E-state index contributed by atoms with van der Waals surface area (Å²) in [5.74, 6) is 2.05. The van der Waals surface area contributed by atoms with Crippen molar-refractivity contribution in [2.75, 3.05) is 32.0 Å². The molecule has 0 aliphatic carbocycles. The molecule has 1 aromatic rings. The molecular weight excluding hydrogens is 272 g/mol. The van der Waals surface area contributed by atoms with Crippen molar-refractivity contribution >= 4 is 17.7 Å². The van der Waals surface area contributed by atoms with Crippen LogP contribution >= 0.6 is 11.8 Å². The summed E-state index contributed by atoms with van der Waals surface area (Å²) in [4.78, 5) is 15.1. The molecule has 0 aromatic heterocycles. The second kappa shape index (κ2) is 7.55. The minimum atomic E-state index is 0.208. The average molecular weight is 294 g/mol. The molecule has 1 unspecified atom stereocenters. The molecule has 4 nitrogen and oxygen atoms in total. The van der Waals surface area contributed by atoms with Crippen LogP contribution in [0, 0.1) is 5.92 Å². The molecule has 1 aliphatic heterocycles. The predicted octanol–water partition coefficient (Wildman–Crippen LogP) is 1.98. The lowest BCUT2D eigenvalue weighted by atomic mass is 10.1. The molecule has 110 valence electrons. The standard InChI is InChI=1S/C15H22N2O2S/c1-2-19-13-3-5-14(6-4-13)20-11-15(18)17-8-7-12(9-16)10-17/h3-6,12H,2,7-11,16H2,1H3. The highest BCUT2D eigenvalue weighted by Crippen LogP contribution is 2.23. The van der Waals surface area contributed by atoms with E-state index in [0.29, 0.717) is 24.8 Å². The van der Waals surface area contributed by atoms with Crippen LogP contribution in [0.25, 0.3) is 0 Å². The summed E-state index contributed by atoms with van der Waals surface area (Å²) in [7, 11) is 0. The summed E-state index contributed by atoms with van der Waals surface area (Å²) in [6.45, 7) is 4.98. The number of nitrogens with zero attached hydrogens (tertiary/aromatic N) is 1. The summed E-state index contributed by atoms with van der Waals surface area (Å²) < 4.78 is 5.40. The highest BCUT2D eigenvalue weighted by atomic mass is 32.2. The molecule has 1 aliphatic rings. The maximum absolute atomic E-state index is 12.1. The van der Waals surface area contributed by atoms with Gasteiger partial charge in [-0.25, -0.2) is 0 Å². The lowest BCUT2D eigenvalue weighted by Crippen LogP contribution is -2.31. The number of ether oxygens (including phenoxy) is 1. The molecule has 1 saturated heterocycles. The van der Waals surface area contributed by atoms with Crippen molar-refractivity contribution in [1.29, 1.82) is 0 Å². The third-order valence-electron chi connectivity index (χ3n) is 3.47. The Kier molecular flexibility index (Phi) is 5.73. The van der Waals surface area contributed by atoms with Crippen LogP contribution in [-0.2, 0) is 4.79 Å². The van der Waals surface area contributed by atoms with Crippen LogP contribution in [0.3, 0.4) is 0 Å². The molecule has 5 heteroatoms. The molecule has 1 aromatic carbocycles. The van der Waals surface area contributed by atoms with Gasteiger partial charge >= 0.3 is 0 Å². The van der Waals surface area contributed by atoms with E-state index in [1.54, 1.807) is 11.8 Å². The first-order valence-corrected chi connectivity index (χ1v) is 8.05. The van der Waals surface area contributed by atoms with Crippen molar-refractivity contribution in [3.8, 4) is 5.75 Å². The van der Waals surface area contributed by atoms with Crippen LogP contribution in [-0.4, -0.2) is 42.8 Å². The third kappa shape index (κ3) is 4.15. The number of likely N-dealkylation sites (tertiary alicyclic amines) is 1. The van der Waals surface area contributed by atoms with Crippen molar-refractivity contribution in [3.63, 3.8) is 0 Å². The quantitative estimate of drug-likeness (QED) is 0.815. The lowest BCUT2D eigenvalue weighted by molar-refractivity contribution is -0.127. The Morgan fingerprint density at radius 2 is 2.20 bits per heavy atom. The van der Waals surface area contributed by atoms with Gasteiger partial charge < -0.3 is 15.4 Å². The molecule has 0 radical (unpaired) electrons. The van der Waals surface area contributed by atoms with Crippen molar-refractivity contribution in [3.05, 3.63) is 24.3 Å². The van der Waals surface area contributed by atoms with Crippen LogP contribution in [0.2, 0.25) is 0 Å². The zero-order valence-electron chi connectivity index (χ0n) is 11.9. The van der Waals surface area contributed by atoms with Crippen molar-refractivity contribution in [2.24, 2.45) is 11.7 Å². The Hall–Kier alpha value is -1.20. The van der Waals surface area contributed by atoms with Gasteiger partial charge in [0.2, 0.25) is 5.91 Å². The van der Waals surface area contributed by atoms with Crippen molar-refractivity contribution < 1.29 is 9.53 Å². The van der Waals surface area contributed by atoms with Gasteiger partial charge in [0.25, 0.3) is 0 Å². The maximum Gasteiger partial charge on any atom is 0.232 e. The second-order valence-corrected chi connectivity index (χ2v) is 5.97. The molecule has 2 N–H and O–H groups in total. The lowest BCUT2D eigenvalue weighted by Gasteiger charge is -2.16. The number of nitrogens with two attached hydrogens (primary N) is 1. The molecule has 0 bridgehead atoms. The molecular formula is C15H22N2O2S. The zero-order valence-corrected chi connectivity index (χ0v) is 12.7. The number of carbonyl (C=O) groups is 1. The van der Waals surface area contributed by atoms with Crippen LogP contribution in [0.5, 0.6) is 5.75 Å². The first-order chi connectivity index (χ1) is 9.72. The Morgan fingerprint density at radius 1 is 1.45 bits per heavy atom. The number of benzene rings is 1. The fourth-order valence-electron chi connectivity index (χ4n) is 2.29. The van der Waals surface area contributed by atoms with Crippen molar-refractivity contribution in [1.82, 2.24) is 4.90 Å². The topological polar surface area (TPSA) is 55.6 Å². The molecule has 1 atom stereocenters. The fourth-order valence-corrected chi connectivity index (χ4v) is 3.09. The van der Waals surface area contributed by atoms with Crippen LogP contribution < -0.4 is 10.5 Å². The summed E-state index contributed by atoms with van der Waals surface area (Å²) in [6, 6.07) is 7.87. The third-order valence-corrected chi connectivity index (χ3v) is 4.47. The van der Waals surface area contributed by atoms with Crippen LogP contribution in [0.15, 0.2) is 29.2 Å². The van der Waals surface area contributed by atoms with E-state index in [1.807, 2.05) is 36.1 Å². The fraction of sp³-hybridized carbons (Fsp3) is 0.533. The summed E-state index contributed by atoms with van der Waals surface area (Å²) >= 11 is 1.57. The number of carbonyl (C=O) groups excluding carboxylic acids is 1. The van der Waals surface area contributed by atoms with Gasteiger partial charge in [0.05, 0.1) is 12.4 Å². The van der Waals surface area contributed by atoms with Crippen LogP contribution in [0.1, 0.15) is 13.3 Å². The molecule has 2 rings (SSSR count). The van der Waals surface area contributed by atoms with E-state index in [1.165, 1.54) is 0 Å². The Morgan fingerprint density at radius 3 is 2.80 bits per heavy atom. The molecule has 20 heavy (non-hydrogen) atoms. The largest absolute Gasteiger partial charge is 0.494 e. The highest BCUT2D eigenvalue weighted by molar-refractivity contribution is 8.00. The monoisotopic (exact) mass is 294 g/mol.